The van der Waals surface area contributed by atoms with Crippen LogP contribution in [0.25, 0.3) is 0 Å². The summed E-state index contributed by atoms with van der Waals surface area (Å²) in [6, 6.07) is 0. The Morgan fingerprint density at radius 3 is 1.87 bits per heavy atom. The molecule has 0 N–H and O–H groups in total. The first-order valence-electron chi connectivity index (χ1n) is 4.31. The average molecular weight is 236 g/mol. The van der Waals surface area contributed by atoms with Gasteiger partial charge < -0.3 is 0 Å². The van der Waals surface area contributed by atoms with E-state index in [4.69, 9.17) is 0 Å². The number of rotatable bonds is 2. The van der Waals surface area contributed by atoms with E-state index in [9.17, 15) is 26.3 Å². The van der Waals surface area contributed by atoms with E-state index in [0.717, 1.165) is 6.92 Å². The van der Waals surface area contributed by atoms with Crippen LogP contribution in [-0.4, -0.2) is 23.6 Å². The molecule has 1 nitrogen and oxygen atoms in total. The third-order valence-corrected chi connectivity index (χ3v) is 2.54. The van der Waals surface area contributed by atoms with Gasteiger partial charge in [-0.05, 0) is 6.42 Å². The standard InChI is InChI=1S/C8H10F6O/c1-3-6(11)4-7(12,5(2,9)10)15-8(6,13)14/h3-4H2,1-2H3. The summed E-state index contributed by atoms with van der Waals surface area (Å²) in [5.41, 5.74) is -3.39. The molecule has 1 saturated heterocycles. The fraction of sp³-hybridized carbons (Fsp3) is 1.00. The molecule has 1 fully saturated rings. The molecule has 1 aliphatic heterocycles. The molecule has 0 bridgehead atoms. The zero-order valence-electron chi connectivity index (χ0n) is 8.09. The first kappa shape index (κ1) is 12.6. The highest BCUT2D eigenvalue weighted by Crippen LogP contribution is 2.56. The van der Waals surface area contributed by atoms with Crippen LogP contribution in [0.5, 0.6) is 0 Å². The van der Waals surface area contributed by atoms with Crippen molar-refractivity contribution in [1.82, 2.24) is 0 Å². The van der Waals surface area contributed by atoms with Crippen molar-refractivity contribution in [1.29, 1.82) is 0 Å². The summed E-state index contributed by atoms with van der Waals surface area (Å²) < 4.78 is 81.0. The average Bonchev–Trinajstić information content (AvgIpc) is 2.18. The zero-order chi connectivity index (χ0) is 12.1. The summed E-state index contributed by atoms with van der Waals surface area (Å²) in [5.74, 6) is -8.14. The van der Waals surface area contributed by atoms with E-state index in [1.807, 2.05) is 0 Å². The minimum atomic E-state index is -4.53. The number of ether oxygens (including phenoxy) is 1. The van der Waals surface area contributed by atoms with Crippen LogP contribution in [0.1, 0.15) is 26.7 Å². The molecule has 0 saturated carbocycles. The van der Waals surface area contributed by atoms with Gasteiger partial charge in [0.25, 0.3) is 5.85 Å². The molecule has 2 unspecified atom stereocenters. The molecule has 0 aromatic heterocycles. The van der Waals surface area contributed by atoms with E-state index in [1.165, 1.54) is 0 Å². The van der Waals surface area contributed by atoms with Crippen LogP contribution in [0.15, 0.2) is 0 Å². The van der Waals surface area contributed by atoms with Gasteiger partial charge in [0.1, 0.15) is 0 Å². The SMILES string of the molecule is CCC1(F)CC(F)(C(C)(F)F)OC1(F)F. The molecule has 7 heteroatoms. The lowest BCUT2D eigenvalue weighted by molar-refractivity contribution is -0.354. The first-order valence-corrected chi connectivity index (χ1v) is 4.31. The van der Waals surface area contributed by atoms with Gasteiger partial charge in [0.05, 0.1) is 6.42 Å². The minimum Gasteiger partial charge on any atom is -0.274 e. The fourth-order valence-electron chi connectivity index (χ4n) is 1.37. The van der Waals surface area contributed by atoms with Crippen LogP contribution in [-0.2, 0) is 4.74 Å². The second-order valence-electron chi connectivity index (χ2n) is 3.73. The summed E-state index contributed by atoms with van der Waals surface area (Å²) in [4.78, 5) is 0. The molecule has 1 heterocycles. The summed E-state index contributed by atoms with van der Waals surface area (Å²) >= 11 is 0. The molecule has 1 aliphatic rings. The maximum Gasteiger partial charge on any atom is 0.392 e. The summed E-state index contributed by atoms with van der Waals surface area (Å²) in [5, 5.41) is 0. The Kier molecular flexibility index (Phi) is 2.54. The fourth-order valence-corrected chi connectivity index (χ4v) is 1.37. The Morgan fingerprint density at radius 1 is 1.20 bits per heavy atom. The molecule has 2 atom stereocenters. The number of halogens is 6. The van der Waals surface area contributed by atoms with E-state index in [0.29, 0.717) is 0 Å². The molecule has 90 valence electrons. The lowest BCUT2D eigenvalue weighted by Crippen LogP contribution is -2.42. The normalized spacial score (nSPS) is 40.8. The van der Waals surface area contributed by atoms with Crippen LogP contribution in [0, 0.1) is 0 Å². The van der Waals surface area contributed by atoms with Crippen molar-refractivity contribution in [3.05, 3.63) is 0 Å². The monoisotopic (exact) mass is 236 g/mol. The second kappa shape index (κ2) is 3.02. The maximum atomic E-state index is 13.4. The van der Waals surface area contributed by atoms with Gasteiger partial charge in [-0.3, -0.25) is 4.74 Å². The van der Waals surface area contributed by atoms with E-state index in [-0.39, 0.29) is 6.92 Å². The Balaban J connectivity index is 3.07. The summed E-state index contributed by atoms with van der Waals surface area (Å²) in [7, 11) is 0. The number of alkyl halides is 6. The highest BCUT2D eigenvalue weighted by atomic mass is 19.3. The predicted molar refractivity (Wildman–Crippen MR) is 39.2 cm³/mol. The van der Waals surface area contributed by atoms with Gasteiger partial charge in [0, 0.05) is 6.92 Å². The smallest absolute Gasteiger partial charge is 0.274 e. The lowest BCUT2D eigenvalue weighted by atomic mass is 9.94. The van der Waals surface area contributed by atoms with Gasteiger partial charge in [-0.2, -0.15) is 8.78 Å². The second-order valence-corrected chi connectivity index (χ2v) is 3.73. The van der Waals surface area contributed by atoms with E-state index >= 15 is 0 Å². The van der Waals surface area contributed by atoms with Gasteiger partial charge in [0.2, 0.25) is 5.67 Å². The molecule has 0 aromatic carbocycles. The molecule has 0 aromatic rings. The molecule has 15 heavy (non-hydrogen) atoms. The van der Waals surface area contributed by atoms with E-state index in [1.54, 1.807) is 0 Å². The summed E-state index contributed by atoms with van der Waals surface area (Å²) in [6.07, 6.45) is -7.01. The van der Waals surface area contributed by atoms with Crippen LogP contribution < -0.4 is 0 Å². The Hall–Kier alpha value is -0.460. The quantitative estimate of drug-likeness (QED) is 0.667. The van der Waals surface area contributed by atoms with E-state index < -0.39 is 36.4 Å². The highest BCUT2D eigenvalue weighted by molar-refractivity contribution is 5.03. The molecule has 0 amide bonds. The van der Waals surface area contributed by atoms with Gasteiger partial charge in [-0.15, -0.1) is 0 Å². The van der Waals surface area contributed by atoms with Crippen LogP contribution in [0.4, 0.5) is 26.3 Å². The zero-order valence-corrected chi connectivity index (χ0v) is 8.09. The van der Waals surface area contributed by atoms with Crippen molar-refractivity contribution in [3.63, 3.8) is 0 Å². The number of hydrogen-bond donors (Lipinski definition) is 0. The van der Waals surface area contributed by atoms with Gasteiger partial charge >= 0.3 is 12.0 Å². The third-order valence-electron chi connectivity index (χ3n) is 2.54. The van der Waals surface area contributed by atoms with Crippen molar-refractivity contribution in [3.8, 4) is 0 Å². The van der Waals surface area contributed by atoms with Crippen LogP contribution >= 0.6 is 0 Å². The number of hydrogen-bond acceptors (Lipinski definition) is 1. The molecule has 1 rings (SSSR count). The van der Waals surface area contributed by atoms with Crippen molar-refractivity contribution in [2.75, 3.05) is 0 Å². The van der Waals surface area contributed by atoms with Crippen molar-refractivity contribution in [2.24, 2.45) is 0 Å². The Bertz CT molecular complexity index is 262. The van der Waals surface area contributed by atoms with Crippen molar-refractivity contribution >= 4 is 0 Å². The predicted octanol–water partition coefficient (Wildman–Crippen LogP) is 3.44. The Labute approximate surface area is 82.4 Å². The highest BCUT2D eigenvalue weighted by Gasteiger charge is 2.74. The maximum absolute atomic E-state index is 13.4. The van der Waals surface area contributed by atoms with Crippen molar-refractivity contribution < 1.29 is 31.1 Å². The first-order chi connectivity index (χ1) is 6.47. The molecule has 0 aliphatic carbocycles. The van der Waals surface area contributed by atoms with E-state index in [2.05, 4.69) is 4.74 Å². The molecule has 0 spiro atoms. The lowest BCUT2D eigenvalue weighted by Gasteiger charge is -2.25. The largest absolute Gasteiger partial charge is 0.392 e. The summed E-state index contributed by atoms with van der Waals surface area (Å²) in [6.45, 7) is 1.08. The van der Waals surface area contributed by atoms with Gasteiger partial charge in [0.15, 0.2) is 0 Å². The third kappa shape index (κ3) is 1.70. The topological polar surface area (TPSA) is 9.23 Å². The molecular weight excluding hydrogens is 226 g/mol. The van der Waals surface area contributed by atoms with Crippen LogP contribution in [0.3, 0.4) is 0 Å². The van der Waals surface area contributed by atoms with Crippen LogP contribution in [0.2, 0.25) is 0 Å². The van der Waals surface area contributed by atoms with Gasteiger partial charge in [-0.1, -0.05) is 6.92 Å². The Morgan fingerprint density at radius 2 is 1.67 bits per heavy atom. The minimum absolute atomic E-state index is 0.0739. The molecular formula is C8H10F6O. The van der Waals surface area contributed by atoms with Gasteiger partial charge in [-0.25, -0.2) is 17.6 Å². The van der Waals surface area contributed by atoms with Crippen molar-refractivity contribution in [2.45, 2.75) is 50.2 Å². The molecule has 0 radical (unpaired) electrons.